The van der Waals surface area contributed by atoms with Gasteiger partial charge in [0.1, 0.15) is 0 Å². The zero-order valence-corrected chi connectivity index (χ0v) is 11.3. The molecule has 1 heterocycles. The summed E-state index contributed by atoms with van der Waals surface area (Å²) < 4.78 is 0. The topological polar surface area (TPSA) is 0 Å². The van der Waals surface area contributed by atoms with Crippen LogP contribution in [0.2, 0.25) is 0 Å². The highest BCUT2D eigenvalue weighted by atomic mass is 32.2. The minimum absolute atomic E-state index is 1.17. The molecule has 0 amide bonds. The van der Waals surface area contributed by atoms with Gasteiger partial charge in [0.05, 0.1) is 0 Å². The molecule has 0 fully saturated rings. The van der Waals surface area contributed by atoms with Crippen molar-refractivity contribution in [2.24, 2.45) is 0 Å². The van der Waals surface area contributed by atoms with Gasteiger partial charge in [0, 0.05) is 11.5 Å². The SMILES string of the molecule is C1#CSCCCS/C=C\SCCCS1. The van der Waals surface area contributed by atoms with Crippen LogP contribution in [0, 0.1) is 10.5 Å². The quantitative estimate of drug-likeness (QED) is 0.602. The molecule has 0 spiro atoms. The molecular weight excluding hydrogens is 248 g/mol. The van der Waals surface area contributed by atoms with Crippen molar-refractivity contribution in [1.82, 2.24) is 0 Å². The summed E-state index contributed by atoms with van der Waals surface area (Å²) in [6.07, 6.45) is 2.51. The van der Waals surface area contributed by atoms with E-state index in [9.17, 15) is 0 Å². The second kappa shape index (κ2) is 10.2. The second-order valence-electron chi connectivity index (χ2n) is 2.62. The first kappa shape index (κ1) is 12.8. The molecule has 0 aliphatic carbocycles. The van der Waals surface area contributed by atoms with E-state index in [1.165, 1.54) is 35.9 Å². The highest BCUT2D eigenvalue weighted by Gasteiger charge is 1.89. The van der Waals surface area contributed by atoms with Crippen LogP contribution in [0.4, 0.5) is 0 Å². The first-order valence-corrected chi connectivity index (χ1v) is 8.69. The van der Waals surface area contributed by atoms with Crippen LogP contribution in [0.15, 0.2) is 10.8 Å². The van der Waals surface area contributed by atoms with E-state index in [4.69, 9.17) is 0 Å². The normalized spacial score (nSPS) is 22.9. The Morgan fingerprint density at radius 1 is 0.714 bits per heavy atom. The third-order valence-electron chi connectivity index (χ3n) is 1.45. The maximum absolute atomic E-state index is 3.13. The van der Waals surface area contributed by atoms with Gasteiger partial charge in [0.25, 0.3) is 0 Å². The van der Waals surface area contributed by atoms with Crippen molar-refractivity contribution in [3.63, 3.8) is 0 Å². The third-order valence-corrected chi connectivity index (χ3v) is 4.94. The van der Waals surface area contributed by atoms with E-state index in [0.717, 1.165) is 0 Å². The van der Waals surface area contributed by atoms with E-state index in [2.05, 4.69) is 21.3 Å². The molecule has 0 saturated carbocycles. The highest BCUT2D eigenvalue weighted by molar-refractivity contribution is 8.07. The van der Waals surface area contributed by atoms with Crippen molar-refractivity contribution in [3.8, 4) is 10.5 Å². The zero-order valence-electron chi connectivity index (χ0n) is 8.03. The van der Waals surface area contributed by atoms with Gasteiger partial charge in [0.2, 0.25) is 0 Å². The summed E-state index contributed by atoms with van der Waals surface area (Å²) in [6, 6.07) is 0. The van der Waals surface area contributed by atoms with E-state index >= 15 is 0 Å². The predicted octanol–water partition coefficient (Wildman–Crippen LogP) is 4.10. The first-order chi connectivity index (χ1) is 7.00. The fraction of sp³-hybridized carbons (Fsp3) is 0.600. The lowest BCUT2D eigenvalue weighted by molar-refractivity contribution is 1.13. The molecule has 0 saturated heterocycles. The molecule has 0 aromatic heterocycles. The molecule has 0 radical (unpaired) electrons. The zero-order chi connectivity index (χ0) is 9.90. The van der Waals surface area contributed by atoms with Crippen LogP contribution in [-0.2, 0) is 0 Å². The number of thioether (sulfide) groups is 4. The molecule has 0 unspecified atom stereocenters. The summed E-state index contributed by atoms with van der Waals surface area (Å²) in [5.74, 6) is 4.78. The standard InChI is InChI=1S/C10H14S4/c1-3-11-7-9-13-5-2-6-14-10-8-12-4-1/h7,9H,1-6H2/b9-7-. The largest absolute Gasteiger partial charge is 0.134 e. The molecular formula is C10H14S4. The van der Waals surface area contributed by atoms with Crippen molar-refractivity contribution < 1.29 is 0 Å². The van der Waals surface area contributed by atoms with Gasteiger partial charge in [-0.2, -0.15) is 0 Å². The lowest BCUT2D eigenvalue weighted by Gasteiger charge is -1.96. The first-order valence-electron chi connectivity index (χ1n) is 4.62. The summed E-state index contributed by atoms with van der Waals surface area (Å²) in [5, 5.41) is 10.7. The van der Waals surface area contributed by atoms with Gasteiger partial charge in [-0.05, 0) is 45.7 Å². The third kappa shape index (κ3) is 8.05. The number of hydrogen-bond donors (Lipinski definition) is 0. The fourth-order valence-corrected chi connectivity index (χ4v) is 3.95. The van der Waals surface area contributed by atoms with Crippen molar-refractivity contribution in [1.29, 1.82) is 0 Å². The lowest BCUT2D eigenvalue weighted by Crippen LogP contribution is -1.82. The van der Waals surface area contributed by atoms with E-state index in [1.54, 1.807) is 23.5 Å². The Hall–Kier alpha value is 0.700. The van der Waals surface area contributed by atoms with Crippen LogP contribution in [0.3, 0.4) is 0 Å². The Kier molecular flexibility index (Phi) is 9.33. The van der Waals surface area contributed by atoms with E-state index in [1.807, 2.05) is 23.5 Å². The van der Waals surface area contributed by atoms with Gasteiger partial charge in [-0.3, -0.25) is 0 Å². The van der Waals surface area contributed by atoms with Gasteiger partial charge in [-0.1, -0.05) is 23.5 Å². The summed E-state index contributed by atoms with van der Waals surface area (Å²) in [5.41, 5.74) is 0. The maximum atomic E-state index is 3.13. The Bertz CT molecular complexity index is 194. The lowest BCUT2D eigenvalue weighted by atomic mass is 10.6. The smallest absolute Gasteiger partial charge is 0.00649 e. The molecule has 0 aromatic rings. The van der Waals surface area contributed by atoms with Crippen molar-refractivity contribution in [2.75, 3.05) is 23.0 Å². The van der Waals surface area contributed by atoms with Crippen LogP contribution in [0.5, 0.6) is 0 Å². The van der Waals surface area contributed by atoms with Crippen molar-refractivity contribution in [2.45, 2.75) is 12.8 Å². The molecule has 0 aromatic carbocycles. The van der Waals surface area contributed by atoms with Gasteiger partial charge < -0.3 is 0 Å². The van der Waals surface area contributed by atoms with E-state index < -0.39 is 0 Å². The summed E-state index contributed by atoms with van der Waals surface area (Å²) in [6.45, 7) is 0. The van der Waals surface area contributed by atoms with Gasteiger partial charge in [-0.15, -0.1) is 23.5 Å². The molecule has 78 valence electrons. The van der Waals surface area contributed by atoms with E-state index in [0.29, 0.717) is 0 Å². The highest BCUT2D eigenvalue weighted by Crippen LogP contribution is 2.14. The van der Waals surface area contributed by atoms with Crippen LogP contribution in [0.1, 0.15) is 12.8 Å². The van der Waals surface area contributed by atoms with Gasteiger partial charge in [-0.25, -0.2) is 0 Å². The van der Waals surface area contributed by atoms with E-state index in [-0.39, 0.29) is 0 Å². The summed E-state index contributed by atoms with van der Waals surface area (Å²) >= 11 is 7.33. The predicted molar refractivity (Wildman–Crippen MR) is 76.0 cm³/mol. The molecule has 1 aliphatic rings. The maximum Gasteiger partial charge on any atom is 0.00649 e. The summed E-state index contributed by atoms with van der Waals surface area (Å²) in [7, 11) is 0. The molecule has 0 atom stereocenters. The average Bonchev–Trinajstić information content (AvgIpc) is 2.22. The van der Waals surface area contributed by atoms with Crippen molar-refractivity contribution >= 4 is 47.0 Å². The monoisotopic (exact) mass is 262 g/mol. The molecule has 1 aliphatic heterocycles. The Labute approximate surface area is 104 Å². The molecule has 14 heavy (non-hydrogen) atoms. The Balaban J connectivity index is 2.19. The minimum atomic E-state index is 1.17. The van der Waals surface area contributed by atoms with Crippen LogP contribution in [0.25, 0.3) is 0 Å². The second-order valence-corrected chi connectivity index (χ2v) is 6.45. The Morgan fingerprint density at radius 2 is 1.21 bits per heavy atom. The van der Waals surface area contributed by atoms with Crippen LogP contribution >= 0.6 is 47.0 Å². The Morgan fingerprint density at radius 3 is 1.71 bits per heavy atom. The van der Waals surface area contributed by atoms with Crippen LogP contribution in [-0.4, -0.2) is 23.0 Å². The van der Waals surface area contributed by atoms with Gasteiger partial charge in [0.15, 0.2) is 0 Å². The van der Waals surface area contributed by atoms with Gasteiger partial charge >= 0.3 is 0 Å². The molecule has 0 N–H and O–H groups in total. The summed E-state index contributed by atoms with van der Waals surface area (Å²) in [4.78, 5) is 0. The number of hydrogen-bond acceptors (Lipinski definition) is 4. The minimum Gasteiger partial charge on any atom is -0.134 e. The van der Waals surface area contributed by atoms with Crippen LogP contribution < -0.4 is 0 Å². The molecule has 0 nitrogen and oxygen atoms in total. The fourth-order valence-electron chi connectivity index (χ4n) is 0.804. The van der Waals surface area contributed by atoms with Crippen molar-refractivity contribution in [3.05, 3.63) is 10.8 Å². The molecule has 0 bridgehead atoms. The average molecular weight is 262 g/mol. The molecule has 1 rings (SSSR count). The number of rotatable bonds is 0. The molecule has 4 heteroatoms.